The average Bonchev–Trinajstić information content (AvgIpc) is 2.74. The van der Waals surface area contributed by atoms with E-state index in [-0.39, 0.29) is 12.5 Å². The SMILES string of the molecule is COc1ccc(CNCC(=O)N(Cc2ccccc2)c2ccccc2)cc1. The first-order valence-electron chi connectivity index (χ1n) is 8.99. The van der Waals surface area contributed by atoms with Crippen LogP contribution in [0.1, 0.15) is 11.1 Å². The Balaban J connectivity index is 1.63. The number of rotatable bonds is 8. The van der Waals surface area contributed by atoms with Crippen molar-refractivity contribution in [2.75, 3.05) is 18.6 Å². The molecule has 0 saturated carbocycles. The van der Waals surface area contributed by atoms with Crippen LogP contribution in [-0.2, 0) is 17.9 Å². The number of amides is 1. The quantitative estimate of drug-likeness (QED) is 0.660. The van der Waals surface area contributed by atoms with E-state index in [4.69, 9.17) is 4.74 Å². The minimum Gasteiger partial charge on any atom is -0.497 e. The number of ether oxygens (including phenoxy) is 1. The number of hydrogen-bond donors (Lipinski definition) is 1. The van der Waals surface area contributed by atoms with E-state index in [0.29, 0.717) is 13.1 Å². The Bertz CT molecular complexity index is 833. The lowest BCUT2D eigenvalue weighted by Crippen LogP contribution is -2.37. The standard InChI is InChI=1S/C23H24N2O2/c1-27-22-14-12-19(13-15-22)16-24-17-23(26)25(21-10-6-3-7-11-21)18-20-8-4-2-5-9-20/h2-15,24H,16-18H2,1H3. The van der Waals surface area contributed by atoms with Gasteiger partial charge >= 0.3 is 0 Å². The van der Waals surface area contributed by atoms with Gasteiger partial charge in [0.1, 0.15) is 5.75 Å². The van der Waals surface area contributed by atoms with Gasteiger partial charge in [0.15, 0.2) is 0 Å². The van der Waals surface area contributed by atoms with E-state index in [9.17, 15) is 4.79 Å². The second kappa shape index (κ2) is 9.55. The van der Waals surface area contributed by atoms with Gasteiger partial charge in [-0.25, -0.2) is 0 Å². The van der Waals surface area contributed by atoms with Crippen LogP contribution < -0.4 is 15.0 Å². The maximum Gasteiger partial charge on any atom is 0.241 e. The number of carbonyl (C=O) groups is 1. The molecule has 4 heteroatoms. The van der Waals surface area contributed by atoms with Crippen molar-refractivity contribution in [2.24, 2.45) is 0 Å². The summed E-state index contributed by atoms with van der Waals surface area (Å²) in [6.07, 6.45) is 0. The van der Waals surface area contributed by atoms with Gasteiger partial charge in [-0.2, -0.15) is 0 Å². The number of carbonyl (C=O) groups excluding carboxylic acids is 1. The smallest absolute Gasteiger partial charge is 0.241 e. The third-order valence-corrected chi connectivity index (χ3v) is 4.32. The Kier molecular flexibility index (Phi) is 6.61. The average molecular weight is 360 g/mol. The maximum absolute atomic E-state index is 12.9. The van der Waals surface area contributed by atoms with E-state index >= 15 is 0 Å². The monoisotopic (exact) mass is 360 g/mol. The predicted octanol–water partition coefficient (Wildman–Crippen LogP) is 4.02. The molecule has 3 aromatic rings. The molecule has 3 aromatic carbocycles. The summed E-state index contributed by atoms with van der Waals surface area (Å²) in [4.78, 5) is 14.7. The Morgan fingerprint density at radius 1 is 0.852 bits per heavy atom. The molecule has 4 nitrogen and oxygen atoms in total. The molecule has 138 valence electrons. The van der Waals surface area contributed by atoms with Crippen molar-refractivity contribution in [1.82, 2.24) is 5.32 Å². The van der Waals surface area contributed by atoms with Crippen LogP contribution in [0.5, 0.6) is 5.75 Å². The minimum absolute atomic E-state index is 0.0403. The zero-order valence-electron chi connectivity index (χ0n) is 15.5. The van der Waals surface area contributed by atoms with Gasteiger partial charge in [-0.15, -0.1) is 0 Å². The molecule has 0 spiro atoms. The summed E-state index contributed by atoms with van der Waals surface area (Å²) in [6, 6.07) is 27.6. The summed E-state index contributed by atoms with van der Waals surface area (Å²) in [5.41, 5.74) is 3.11. The van der Waals surface area contributed by atoms with Crippen LogP contribution in [0.25, 0.3) is 0 Å². The van der Waals surface area contributed by atoms with Gasteiger partial charge in [0.05, 0.1) is 20.2 Å². The van der Waals surface area contributed by atoms with Crippen LogP contribution in [0.3, 0.4) is 0 Å². The summed E-state index contributed by atoms with van der Waals surface area (Å²) in [6.45, 7) is 1.45. The molecule has 0 aromatic heterocycles. The van der Waals surface area contributed by atoms with Crippen LogP contribution in [0.4, 0.5) is 5.69 Å². The van der Waals surface area contributed by atoms with Gasteiger partial charge in [-0.05, 0) is 35.4 Å². The number of methoxy groups -OCH3 is 1. The molecule has 0 heterocycles. The molecule has 1 N–H and O–H groups in total. The molecule has 3 rings (SSSR count). The van der Waals surface area contributed by atoms with Gasteiger partial charge in [0.2, 0.25) is 5.91 Å². The van der Waals surface area contributed by atoms with E-state index in [1.165, 1.54) is 0 Å². The largest absolute Gasteiger partial charge is 0.497 e. The predicted molar refractivity (Wildman–Crippen MR) is 109 cm³/mol. The topological polar surface area (TPSA) is 41.6 Å². The van der Waals surface area contributed by atoms with E-state index < -0.39 is 0 Å². The molecule has 0 unspecified atom stereocenters. The fourth-order valence-corrected chi connectivity index (χ4v) is 2.85. The van der Waals surface area contributed by atoms with E-state index in [0.717, 1.165) is 22.6 Å². The fourth-order valence-electron chi connectivity index (χ4n) is 2.85. The zero-order valence-corrected chi connectivity index (χ0v) is 15.5. The summed E-state index contributed by atoms with van der Waals surface area (Å²) in [5, 5.41) is 3.24. The molecule has 0 radical (unpaired) electrons. The van der Waals surface area contributed by atoms with Crippen molar-refractivity contribution in [1.29, 1.82) is 0 Å². The van der Waals surface area contributed by atoms with Crippen molar-refractivity contribution in [3.63, 3.8) is 0 Å². The summed E-state index contributed by atoms with van der Waals surface area (Å²) in [5.74, 6) is 0.867. The third kappa shape index (κ3) is 5.43. The van der Waals surface area contributed by atoms with Crippen LogP contribution in [-0.4, -0.2) is 19.6 Å². The number of nitrogens with one attached hydrogen (secondary N) is 1. The normalized spacial score (nSPS) is 10.4. The van der Waals surface area contributed by atoms with Crippen molar-refractivity contribution in [2.45, 2.75) is 13.1 Å². The highest BCUT2D eigenvalue weighted by molar-refractivity contribution is 5.94. The molecule has 0 saturated heterocycles. The first-order valence-corrected chi connectivity index (χ1v) is 8.99. The highest BCUT2D eigenvalue weighted by Crippen LogP contribution is 2.17. The molecule has 0 aliphatic rings. The highest BCUT2D eigenvalue weighted by Gasteiger charge is 2.15. The zero-order chi connectivity index (χ0) is 18.9. The molecular weight excluding hydrogens is 336 g/mol. The van der Waals surface area contributed by atoms with E-state index in [1.807, 2.05) is 89.8 Å². The Labute approximate surface area is 160 Å². The number of nitrogens with zero attached hydrogens (tertiary/aromatic N) is 1. The maximum atomic E-state index is 12.9. The third-order valence-electron chi connectivity index (χ3n) is 4.32. The van der Waals surface area contributed by atoms with Crippen molar-refractivity contribution in [3.05, 3.63) is 96.1 Å². The Hall–Kier alpha value is -3.11. The van der Waals surface area contributed by atoms with Gasteiger partial charge in [0, 0.05) is 12.2 Å². The lowest BCUT2D eigenvalue weighted by molar-refractivity contribution is -0.118. The second-order valence-corrected chi connectivity index (χ2v) is 6.25. The molecular formula is C23H24N2O2. The molecule has 0 aliphatic heterocycles. The number of hydrogen-bond acceptors (Lipinski definition) is 3. The first-order chi connectivity index (χ1) is 13.3. The van der Waals surface area contributed by atoms with Gasteiger partial charge in [-0.1, -0.05) is 60.7 Å². The lowest BCUT2D eigenvalue weighted by atomic mass is 10.2. The van der Waals surface area contributed by atoms with E-state index in [2.05, 4.69) is 5.32 Å². The van der Waals surface area contributed by atoms with Crippen LogP contribution in [0, 0.1) is 0 Å². The van der Waals surface area contributed by atoms with Crippen LogP contribution in [0.2, 0.25) is 0 Å². The Morgan fingerprint density at radius 3 is 2.11 bits per heavy atom. The number of benzene rings is 3. The fraction of sp³-hybridized carbons (Fsp3) is 0.174. The number of para-hydroxylation sites is 1. The van der Waals surface area contributed by atoms with Crippen LogP contribution in [0.15, 0.2) is 84.9 Å². The minimum atomic E-state index is 0.0403. The lowest BCUT2D eigenvalue weighted by Gasteiger charge is -2.23. The molecule has 27 heavy (non-hydrogen) atoms. The molecule has 0 aliphatic carbocycles. The number of anilines is 1. The highest BCUT2D eigenvalue weighted by atomic mass is 16.5. The summed E-state index contributed by atoms with van der Waals surface area (Å²) >= 11 is 0. The molecule has 0 atom stereocenters. The molecule has 1 amide bonds. The van der Waals surface area contributed by atoms with Gasteiger partial charge < -0.3 is 15.0 Å². The second-order valence-electron chi connectivity index (χ2n) is 6.25. The van der Waals surface area contributed by atoms with Gasteiger partial charge in [0.25, 0.3) is 0 Å². The van der Waals surface area contributed by atoms with Crippen molar-refractivity contribution < 1.29 is 9.53 Å². The summed E-state index contributed by atoms with van der Waals surface area (Å²) in [7, 11) is 1.65. The van der Waals surface area contributed by atoms with Crippen LogP contribution >= 0.6 is 0 Å². The Morgan fingerprint density at radius 2 is 1.48 bits per heavy atom. The molecule has 0 bridgehead atoms. The van der Waals surface area contributed by atoms with Crippen molar-refractivity contribution >= 4 is 11.6 Å². The van der Waals surface area contributed by atoms with Gasteiger partial charge in [-0.3, -0.25) is 4.79 Å². The van der Waals surface area contributed by atoms with Crippen molar-refractivity contribution in [3.8, 4) is 5.75 Å². The van der Waals surface area contributed by atoms with E-state index in [1.54, 1.807) is 7.11 Å². The first kappa shape index (κ1) is 18.7. The summed E-state index contributed by atoms with van der Waals surface area (Å²) < 4.78 is 5.17. The molecule has 0 fully saturated rings.